The van der Waals surface area contributed by atoms with Crippen molar-refractivity contribution in [2.75, 3.05) is 26.3 Å². The molecule has 0 saturated carbocycles. The van der Waals surface area contributed by atoms with Crippen molar-refractivity contribution in [2.24, 2.45) is 0 Å². The molecule has 146 valence electrons. The van der Waals surface area contributed by atoms with Gasteiger partial charge in [-0.1, -0.05) is 48.5 Å². The summed E-state index contributed by atoms with van der Waals surface area (Å²) in [6, 6.07) is 18.9. The number of amides is 1. The molecule has 0 unspecified atom stereocenters. The Kier molecular flexibility index (Phi) is 6.07. The molecular weight excluding hydrogens is 348 g/mol. The Labute approximate surface area is 166 Å². The van der Waals surface area contributed by atoms with Gasteiger partial charge in [0.2, 0.25) is 0 Å². The summed E-state index contributed by atoms with van der Waals surface area (Å²) >= 11 is 0. The minimum absolute atomic E-state index is 0.129. The maximum absolute atomic E-state index is 13.2. The first-order valence-corrected chi connectivity index (χ1v) is 10.3. The van der Waals surface area contributed by atoms with E-state index in [0.29, 0.717) is 13.2 Å². The van der Waals surface area contributed by atoms with Crippen molar-refractivity contribution in [3.63, 3.8) is 0 Å². The van der Waals surface area contributed by atoms with E-state index < -0.39 is 0 Å². The Hall–Kier alpha value is -2.59. The third-order valence-electron chi connectivity index (χ3n) is 5.49. The van der Waals surface area contributed by atoms with Gasteiger partial charge in [0, 0.05) is 43.3 Å². The molecule has 0 atom stereocenters. The predicted octanol–water partition coefficient (Wildman–Crippen LogP) is 4.53. The highest BCUT2D eigenvalue weighted by Crippen LogP contribution is 2.24. The van der Waals surface area contributed by atoms with Crippen LogP contribution in [-0.2, 0) is 17.7 Å². The lowest BCUT2D eigenvalue weighted by molar-refractivity contribution is 0.0743. The van der Waals surface area contributed by atoms with Crippen LogP contribution in [0.15, 0.2) is 60.8 Å². The Balaban J connectivity index is 1.47. The van der Waals surface area contributed by atoms with Gasteiger partial charge >= 0.3 is 0 Å². The van der Waals surface area contributed by atoms with E-state index in [1.54, 1.807) is 0 Å². The fourth-order valence-electron chi connectivity index (χ4n) is 3.98. The first-order valence-electron chi connectivity index (χ1n) is 10.3. The topological polar surface area (TPSA) is 34.5 Å². The molecule has 0 radical (unpaired) electrons. The molecule has 1 amide bonds. The molecule has 1 saturated heterocycles. The fourth-order valence-corrected chi connectivity index (χ4v) is 3.98. The van der Waals surface area contributed by atoms with Gasteiger partial charge in [-0.25, -0.2) is 0 Å². The normalized spacial score (nSPS) is 14.9. The van der Waals surface area contributed by atoms with Crippen molar-refractivity contribution >= 4 is 16.8 Å². The predicted molar refractivity (Wildman–Crippen MR) is 113 cm³/mol. The summed E-state index contributed by atoms with van der Waals surface area (Å²) in [5, 5.41) is 1.06. The number of hydrogen-bond donors (Lipinski definition) is 0. The second kappa shape index (κ2) is 9.07. The van der Waals surface area contributed by atoms with Crippen LogP contribution in [0.4, 0.5) is 0 Å². The van der Waals surface area contributed by atoms with Crippen LogP contribution in [0, 0.1) is 0 Å². The molecule has 1 fully saturated rings. The molecule has 4 heteroatoms. The number of fused-ring (bicyclic) bond motifs is 1. The van der Waals surface area contributed by atoms with Gasteiger partial charge in [-0.15, -0.1) is 0 Å². The summed E-state index contributed by atoms with van der Waals surface area (Å²) in [7, 11) is 0. The van der Waals surface area contributed by atoms with Crippen molar-refractivity contribution in [3.05, 3.63) is 71.9 Å². The van der Waals surface area contributed by atoms with Crippen molar-refractivity contribution in [1.82, 2.24) is 9.47 Å². The number of aryl methyl sites for hydroxylation is 2. The molecule has 2 aromatic carbocycles. The van der Waals surface area contributed by atoms with Crippen LogP contribution in [0.1, 0.15) is 35.2 Å². The summed E-state index contributed by atoms with van der Waals surface area (Å²) in [6.45, 7) is 3.76. The number of rotatable bonds is 6. The number of nitrogens with zero attached hydrogens (tertiary/aromatic N) is 2. The van der Waals surface area contributed by atoms with Gasteiger partial charge in [0.1, 0.15) is 0 Å². The highest BCUT2D eigenvalue weighted by Gasteiger charge is 2.21. The molecule has 0 spiro atoms. The van der Waals surface area contributed by atoms with E-state index in [4.69, 9.17) is 4.74 Å². The molecule has 1 aliphatic rings. The van der Waals surface area contributed by atoms with Crippen molar-refractivity contribution in [1.29, 1.82) is 0 Å². The van der Waals surface area contributed by atoms with E-state index in [-0.39, 0.29) is 5.91 Å². The van der Waals surface area contributed by atoms with E-state index in [9.17, 15) is 4.79 Å². The van der Waals surface area contributed by atoms with Crippen LogP contribution in [0.3, 0.4) is 0 Å². The average molecular weight is 377 g/mol. The first-order chi connectivity index (χ1) is 13.8. The SMILES string of the molecule is O=C(c1cn(CCCCc2ccccc2)c2ccccc12)N1CCCOCC1. The van der Waals surface area contributed by atoms with Gasteiger partial charge in [0.05, 0.1) is 12.2 Å². The smallest absolute Gasteiger partial charge is 0.256 e. The van der Waals surface area contributed by atoms with Gasteiger partial charge in [-0.2, -0.15) is 0 Å². The highest BCUT2D eigenvalue weighted by molar-refractivity contribution is 6.07. The van der Waals surface area contributed by atoms with Crippen molar-refractivity contribution in [2.45, 2.75) is 32.2 Å². The maximum Gasteiger partial charge on any atom is 0.256 e. The fraction of sp³-hybridized carbons (Fsp3) is 0.375. The number of para-hydroxylation sites is 1. The minimum atomic E-state index is 0.129. The summed E-state index contributed by atoms with van der Waals surface area (Å²) in [4.78, 5) is 15.1. The summed E-state index contributed by atoms with van der Waals surface area (Å²) in [6.07, 6.45) is 6.30. The summed E-state index contributed by atoms with van der Waals surface area (Å²) in [5.74, 6) is 0.129. The van der Waals surface area contributed by atoms with Crippen LogP contribution in [0.5, 0.6) is 0 Å². The van der Waals surface area contributed by atoms with Crippen molar-refractivity contribution in [3.8, 4) is 0 Å². The zero-order valence-electron chi connectivity index (χ0n) is 16.3. The molecular formula is C24H28N2O2. The van der Waals surface area contributed by atoms with Gasteiger partial charge in [0.15, 0.2) is 0 Å². The number of carbonyl (C=O) groups is 1. The Morgan fingerprint density at radius 2 is 1.75 bits per heavy atom. The number of aromatic nitrogens is 1. The van der Waals surface area contributed by atoms with Crippen LogP contribution >= 0.6 is 0 Å². The van der Waals surface area contributed by atoms with E-state index in [0.717, 1.165) is 61.8 Å². The number of ether oxygens (including phenoxy) is 1. The molecule has 1 aromatic heterocycles. The van der Waals surface area contributed by atoms with Gasteiger partial charge in [-0.05, 0) is 37.3 Å². The van der Waals surface area contributed by atoms with E-state index in [1.165, 1.54) is 5.56 Å². The standard InChI is InChI=1S/C24H28N2O2/c27-24(25-15-8-17-28-18-16-25)22-19-26(23-13-5-4-12-21(22)23)14-7-6-11-20-9-2-1-3-10-20/h1-5,9-10,12-13,19H,6-8,11,14-18H2. The third kappa shape index (κ3) is 4.28. The Morgan fingerprint density at radius 3 is 2.64 bits per heavy atom. The molecule has 4 rings (SSSR count). The van der Waals surface area contributed by atoms with Gasteiger partial charge in [-0.3, -0.25) is 4.79 Å². The monoisotopic (exact) mass is 376 g/mol. The molecule has 0 aliphatic carbocycles. The Morgan fingerprint density at radius 1 is 0.929 bits per heavy atom. The van der Waals surface area contributed by atoms with Crippen LogP contribution in [-0.4, -0.2) is 41.7 Å². The summed E-state index contributed by atoms with van der Waals surface area (Å²) in [5.41, 5.74) is 3.36. The first kappa shape index (κ1) is 18.8. The van der Waals surface area contributed by atoms with E-state index >= 15 is 0 Å². The molecule has 4 nitrogen and oxygen atoms in total. The largest absolute Gasteiger partial charge is 0.380 e. The molecule has 28 heavy (non-hydrogen) atoms. The molecule has 0 bridgehead atoms. The molecule has 1 aliphatic heterocycles. The quantitative estimate of drug-likeness (QED) is 0.593. The van der Waals surface area contributed by atoms with Crippen molar-refractivity contribution < 1.29 is 9.53 Å². The maximum atomic E-state index is 13.2. The minimum Gasteiger partial charge on any atom is -0.380 e. The number of carbonyl (C=O) groups excluding carboxylic acids is 1. The molecule has 3 aromatic rings. The molecule has 2 heterocycles. The average Bonchev–Trinajstić information content (AvgIpc) is 2.91. The third-order valence-corrected chi connectivity index (χ3v) is 5.49. The number of benzene rings is 2. The summed E-state index contributed by atoms with van der Waals surface area (Å²) < 4.78 is 7.76. The van der Waals surface area contributed by atoms with Gasteiger partial charge < -0.3 is 14.2 Å². The van der Waals surface area contributed by atoms with Crippen LogP contribution < -0.4 is 0 Å². The van der Waals surface area contributed by atoms with Crippen LogP contribution in [0.2, 0.25) is 0 Å². The number of unbranched alkanes of at least 4 members (excludes halogenated alkanes) is 1. The van der Waals surface area contributed by atoms with Gasteiger partial charge in [0.25, 0.3) is 5.91 Å². The van der Waals surface area contributed by atoms with Crippen LogP contribution in [0.25, 0.3) is 10.9 Å². The zero-order valence-corrected chi connectivity index (χ0v) is 16.3. The lowest BCUT2D eigenvalue weighted by atomic mass is 10.1. The lowest BCUT2D eigenvalue weighted by Crippen LogP contribution is -2.33. The zero-order chi connectivity index (χ0) is 19.2. The molecule has 0 N–H and O–H groups in total. The second-order valence-electron chi connectivity index (χ2n) is 7.45. The number of hydrogen-bond acceptors (Lipinski definition) is 2. The Bertz CT molecular complexity index is 909. The second-order valence-corrected chi connectivity index (χ2v) is 7.45. The van der Waals surface area contributed by atoms with E-state index in [2.05, 4.69) is 59.3 Å². The lowest BCUT2D eigenvalue weighted by Gasteiger charge is -2.19. The van der Waals surface area contributed by atoms with E-state index in [1.807, 2.05) is 11.0 Å². The highest BCUT2D eigenvalue weighted by atomic mass is 16.5.